The van der Waals surface area contributed by atoms with Crippen LogP contribution in [0.5, 0.6) is 0 Å². The second kappa shape index (κ2) is 8.92. The molecule has 2 heterocycles. The van der Waals surface area contributed by atoms with Gasteiger partial charge >= 0.3 is 0 Å². The van der Waals surface area contributed by atoms with E-state index in [1.807, 2.05) is 17.8 Å². The van der Waals surface area contributed by atoms with E-state index in [1.165, 1.54) is 0 Å². The lowest BCUT2D eigenvalue weighted by Gasteiger charge is -2.31. The number of hydrogen-bond acceptors (Lipinski definition) is 4. The zero-order valence-corrected chi connectivity index (χ0v) is 17.0. The van der Waals surface area contributed by atoms with Crippen molar-refractivity contribution in [1.29, 1.82) is 0 Å². The molecule has 0 fully saturated rings. The van der Waals surface area contributed by atoms with Crippen molar-refractivity contribution in [3.8, 4) is 0 Å². The number of rotatable bonds is 3. The molecule has 1 aromatic heterocycles. The van der Waals surface area contributed by atoms with Crippen LogP contribution in [0.1, 0.15) is 91.2 Å². The summed E-state index contributed by atoms with van der Waals surface area (Å²) in [5, 5.41) is 8.29. The van der Waals surface area contributed by atoms with Gasteiger partial charge in [-0.25, -0.2) is 4.68 Å². The number of aromatic nitrogens is 3. The van der Waals surface area contributed by atoms with E-state index >= 15 is 0 Å². The van der Waals surface area contributed by atoms with Crippen LogP contribution in [0.15, 0.2) is 6.20 Å². The van der Waals surface area contributed by atoms with Crippen LogP contribution in [-0.2, 0) is 22.6 Å². The van der Waals surface area contributed by atoms with Crippen molar-refractivity contribution in [2.24, 2.45) is 10.8 Å². The smallest absolute Gasteiger partial charge is 0.138 e. The maximum absolute atomic E-state index is 13.0. The molecular weight excluding hydrogens is 326 g/mol. The van der Waals surface area contributed by atoms with Crippen molar-refractivity contribution in [3.63, 3.8) is 0 Å². The van der Waals surface area contributed by atoms with E-state index in [0.717, 1.165) is 57.2 Å². The zero-order chi connectivity index (χ0) is 19.2. The third-order valence-electron chi connectivity index (χ3n) is 6.56. The molecule has 26 heavy (non-hydrogen) atoms. The summed E-state index contributed by atoms with van der Waals surface area (Å²) in [7, 11) is 0. The Morgan fingerprint density at radius 2 is 1.88 bits per heavy atom. The summed E-state index contributed by atoms with van der Waals surface area (Å²) < 4.78 is 2.00. The Hall–Kier alpha value is -1.52. The Morgan fingerprint density at radius 1 is 1.12 bits per heavy atom. The lowest BCUT2D eigenvalue weighted by molar-refractivity contribution is -0.132. The van der Waals surface area contributed by atoms with Crippen LogP contribution in [0.25, 0.3) is 0 Å². The van der Waals surface area contributed by atoms with Gasteiger partial charge in [0.2, 0.25) is 0 Å². The Morgan fingerprint density at radius 3 is 2.58 bits per heavy atom. The Labute approximate surface area is 157 Å². The summed E-state index contributed by atoms with van der Waals surface area (Å²) in [6.45, 7) is 9.04. The molecule has 0 N–H and O–H groups in total. The normalized spacial score (nSPS) is 29.0. The molecule has 0 aromatic carbocycles. The van der Waals surface area contributed by atoms with Gasteiger partial charge in [-0.3, -0.25) is 9.59 Å². The molecule has 0 spiro atoms. The average molecular weight is 362 g/mol. The second-order valence-corrected chi connectivity index (χ2v) is 8.43. The number of nitrogens with zero attached hydrogens (tertiary/aromatic N) is 3. The molecule has 0 unspecified atom stereocenters. The van der Waals surface area contributed by atoms with Gasteiger partial charge in [0.05, 0.1) is 11.9 Å². The number of fused-ring (bicyclic) bond motifs is 1. The molecule has 1 aliphatic heterocycles. The predicted octanol–water partition coefficient (Wildman–Crippen LogP) is 4.54. The van der Waals surface area contributed by atoms with Crippen molar-refractivity contribution < 1.29 is 9.59 Å². The third kappa shape index (κ3) is 4.80. The molecule has 2 atom stereocenters. The van der Waals surface area contributed by atoms with Crippen molar-refractivity contribution >= 4 is 11.6 Å². The second-order valence-electron chi connectivity index (χ2n) is 8.43. The Kier molecular flexibility index (Phi) is 7.13. The molecule has 1 aliphatic rings. The standard InChI is InChI=1S/C21H35N3O2/c1-5-18(25)21(4)13-9-10-17-16-22-23-24(17)15-8-7-12-20(3,6-2)19(26)11-14-21/h16H,5-15H2,1-4H3/t20-,21+/m0/s1. The van der Waals surface area contributed by atoms with Crippen LogP contribution in [0.2, 0.25) is 0 Å². The quantitative estimate of drug-likeness (QED) is 0.793. The highest BCUT2D eigenvalue weighted by Gasteiger charge is 2.35. The Bertz CT molecular complexity index is 625. The number of ketones is 2. The highest BCUT2D eigenvalue weighted by atomic mass is 16.1. The average Bonchev–Trinajstić information content (AvgIpc) is 3.09. The topological polar surface area (TPSA) is 64.8 Å². The van der Waals surface area contributed by atoms with Gasteiger partial charge in [-0.2, -0.15) is 0 Å². The first-order valence-corrected chi connectivity index (χ1v) is 10.3. The van der Waals surface area contributed by atoms with E-state index < -0.39 is 5.41 Å². The van der Waals surface area contributed by atoms with Crippen LogP contribution >= 0.6 is 0 Å². The van der Waals surface area contributed by atoms with Gasteiger partial charge in [-0.15, -0.1) is 5.10 Å². The summed E-state index contributed by atoms with van der Waals surface area (Å²) in [6.07, 6.45) is 10.0. The number of aryl methyl sites for hydroxylation is 2. The van der Waals surface area contributed by atoms with E-state index in [9.17, 15) is 9.59 Å². The lowest BCUT2D eigenvalue weighted by atomic mass is 9.71. The molecule has 2 rings (SSSR count). The minimum atomic E-state index is -0.401. The fraction of sp³-hybridized carbons (Fsp3) is 0.810. The van der Waals surface area contributed by atoms with Crippen LogP contribution in [0.3, 0.4) is 0 Å². The monoisotopic (exact) mass is 361 g/mol. The molecule has 0 saturated carbocycles. The van der Waals surface area contributed by atoms with E-state index in [-0.39, 0.29) is 11.2 Å². The summed E-state index contributed by atoms with van der Waals surface area (Å²) in [4.78, 5) is 25.6. The molecule has 146 valence electrons. The highest BCUT2D eigenvalue weighted by Crippen LogP contribution is 2.37. The van der Waals surface area contributed by atoms with Crippen molar-refractivity contribution in [2.45, 2.75) is 98.4 Å². The van der Waals surface area contributed by atoms with Gasteiger partial charge in [-0.05, 0) is 44.9 Å². The number of carbonyl (C=O) groups is 2. The van der Waals surface area contributed by atoms with Gasteiger partial charge in [0, 0.05) is 30.2 Å². The summed E-state index contributed by atoms with van der Waals surface area (Å²) in [5.41, 5.74) is 0.482. The predicted molar refractivity (Wildman–Crippen MR) is 103 cm³/mol. The van der Waals surface area contributed by atoms with Gasteiger partial charge in [0.1, 0.15) is 11.6 Å². The van der Waals surface area contributed by atoms with Crippen LogP contribution in [0.4, 0.5) is 0 Å². The molecule has 5 heteroatoms. The highest BCUT2D eigenvalue weighted by molar-refractivity contribution is 5.87. The molecule has 0 saturated heterocycles. The third-order valence-corrected chi connectivity index (χ3v) is 6.56. The van der Waals surface area contributed by atoms with E-state index in [0.29, 0.717) is 25.0 Å². The fourth-order valence-electron chi connectivity index (χ4n) is 4.13. The largest absolute Gasteiger partial charge is 0.299 e. The van der Waals surface area contributed by atoms with Gasteiger partial charge in [-0.1, -0.05) is 39.3 Å². The maximum atomic E-state index is 13.0. The SMILES string of the molecule is CCC(=O)[C@]1(C)CCCc2cnnn2CCCC[C@](C)(CC)C(=O)CC1. The van der Waals surface area contributed by atoms with Crippen molar-refractivity contribution in [3.05, 3.63) is 11.9 Å². The summed E-state index contributed by atoms with van der Waals surface area (Å²) in [6, 6.07) is 0. The number of carbonyl (C=O) groups excluding carboxylic acids is 2. The minimum Gasteiger partial charge on any atom is -0.299 e. The minimum absolute atomic E-state index is 0.272. The first-order chi connectivity index (χ1) is 12.3. The first-order valence-electron chi connectivity index (χ1n) is 10.3. The Balaban J connectivity index is 2.23. The molecule has 1 aromatic rings. The van der Waals surface area contributed by atoms with E-state index in [2.05, 4.69) is 31.1 Å². The molecule has 0 radical (unpaired) electrons. The van der Waals surface area contributed by atoms with E-state index in [4.69, 9.17) is 0 Å². The van der Waals surface area contributed by atoms with E-state index in [1.54, 1.807) is 0 Å². The zero-order valence-electron chi connectivity index (χ0n) is 17.0. The molecule has 0 aliphatic carbocycles. The van der Waals surface area contributed by atoms with Crippen LogP contribution in [0, 0.1) is 10.8 Å². The summed E-state index contributed by atoms with van der Waals surface area (Å²) >= 11 is 0. The van der Waals surface area contributed by atoms with Gasteiger partial charge < -0.3 is 0 Å². The molecule has 5 nitrogen and oxygen atoms in total. The molecule has 0 bridgehead atoms. The number of Topliss-reactive ketones (excluding diaryl/α,β-unsaturated/α-hetero) is 2. The van der Waals surface area contributed by atoms with Crippen molar-refractivity contribution in [2.75, 3.05) is 0 Å². The summed E-state index contributed by atoms with van der Waals surface area (Å²) in [5.74, 6) is 0.607. The first kappa shape index (κ1) is 20.8. The molecular formula is C21H35N3O2. The van der Waals surface area contributed by atoms with Gasteiger partial charge in [0.15, 0.2) is 0 Å². The number of hydrogen-bond donors (Lipinski definition) is 0. The lowest BCUT2D eigenvalue weighted by Crippen LogP contribution is -2.32. The van der Waals surface area contributed by atoms with Crippen LogP contribution in [-0.4, -0.2) is 26.6 Å². The van der Waals surface area contributed by atoms with Crippen LogP contribution < -0.4 is 0 Å². The maximum Gasteiger partial charge on any atom is 0.138 e. The van der Waals surface area contributed by atoms with Crippen molar-refractivity contribution in [1.82, 2.24) is 15.0 Å². The fourth-order valence-corrected chi connectivity index (χ4v) is 4.13. The van der Waals surface area contributed by atoms with Gasteiger partial charge in [0.25, 0.3) is 0 Å². The molecule has 0 amide bonds.